The maximum atomic E-state index is 5.88. The second kappa shape index (κ2) is 7.28. The first-order valence-corrected chi connectivity index (χ1v) is 6.63. The number of furan rings is 1. The molecule has 1 aromatic heterocycles. The lowest BCUT2D eigenvalue weighted by molar-refractivity contribution is 0.0614. The van der Waals surface area contributed by atoms with Crippen molar-refractivity contribution < 1.29 is 13.9 Å². The van der Waals surface area contributed by atoms with E-state index < -0.39 is 0 Å². The number of nitrogens with one attached hydrogen (secondary N) is 1. The fourth-order valence-electron chi connectivity index (χ4n) is 2.01. The smallest absolute Gasteiger partial charge is 0.134 e. The van der Waals surface area contributed by atoms with Crippen LogP contribution in [0.15, 0.2) is 28.7 Å². The molecular formula is C15H21NO3. The number of hydrogen-bond acceptors (Lipinski definition) is 4. The molecule has 0 saturated carbocycles. The van der Waals surface area contributed by atoms with E-state index in [4.69, 9.17) is 13.9 Å². The molecule has 2 aromatic rings. The van der Waals surface area contributed by atoms with Crippen LogP contribution in [0.4, 0.5) is 0 Å². The van der Waals surface area contributed by atoms with Crippen molar-refractivity contribution in [2.24, 2.45) is 0 Å². The molecule has 4 nitrogen and oxygen atoms in total. The van der Waals surface area contributed by atoms with E-state index in [0.717, 1.165) is 35.4 Å². The molecular weight excluding hydrogens is 242 g/mol. The zero-order valence-electron chi connectivity index (χ0n) is 11.6. The fraction of sp³-hybridized carbons (Fsp3) is 0.467. The number of benzene rings is 1. The van der Waals surface area contributed by atoms with Gasteiger partial charge in [0, 0.05) is 18.1 Å². The van der Waals surface area contributed by atoms with Crippen molar-refractivity contribution in [3.8, 4) is 0 Å². The summed E-state index contributed by atoms with van der Waals surface area (Å²) in [6.45, 7) is 5.49. The lowest BCUT2D eigenvalue weighted by Crippen LogP contribution is -2.13. The lowest BCUT2D eigenvalue weighted by atomic mass is 10.1. The van der Waals surface area contributed by atoms with Crippen molar-refractivity contribution >= 4 is 11.0 Å². The van der Waals surface area contributed by atoms with Crippen LogP contribution in [0, 0.1) is 0 Å². The summed E-state index contributed by atoms with van der Waals surface area (Å²) in [4.78, 5) is 0. The van der Waals surface area contributed by atoms with E-state index in [0.29, 0.717) is 19.8 Å². The van der Waals surface area contributed by atoms with E-state index in [-0.39, 0.29) is 0 Å². The third-order valence-electron chi connectivity index (χ3n) is 3.00. The second-order valence-electron chi connectivity index (χ2n) is 4.33. The zero-order valence-corrected chi connectivity index (χ0v) is 11.6. The van der Waals surface area contributed by atoms with Gasteiger partial charge in [-0.1, -0.05) is 25.1 Å². The quantitative estimate of drug-likeness (QED) is 0.744. The van der Waals surface area contributed by atoms with Crippen LogP contribution in [0.2, 0.25) is 0 Å². The molecule has 0 aliphatic rings. The van der Waals surface area contributed by atoms with Crippen molar-refractivity contribution in [3.63, 3.8) is 0 Å². The highest BCUT2D eigenvalue weighted by atomic mass is 16.5. The molecule has 0 unspecified atom stereocenters. The molecule has 1 heterocycles. The van der Waals surface area contributed by atoms with Crippen LogP contribution >= 0.6 is 0 Å². The van der Waals surface area contributed by atoms with Gasteiger partial charge in [0.05, 0.1) is 26.4 Å². The summed E-state index contributed by atoms with van der Waals surface area (Å²) in [6.07, 6.45) is 0. The minimum atomic E-state index is 0.557. The van der Waals surface area contributed by atoms with Gasteiger partial charge in [0.1, 0.15) is 11.3 Å². The van der Waals surface area contributed by atoms with Gasteiger partial charge in [-0.15, -0.1) is 0 Å². The first kappa shape index (κ1) is 14.1. The van der Waals surface area contributed by atoms with E-state index >= 15 is 0 Å². The van der Waals surface area contributed by atoms with E-state index in [2.05, 4.69) is 18.3 Å². The largest absolute Gasteiger partial charge is 0.459 e. The predicted molar refractivity (Wildman–Crippen MR) is 75.1 cm³/mol. The normalized spacial score (nSPS) is 11.3. The van der Waals surface area contributed by atoms with Crippen molar-refractivity contribution in [2.75, 3.05) is 26.9 Å². The summed E-state index contributed by atoms with van der Waals surface area (Å²) in [7, 11) is 1.67. The van der Waals surface area contributed by atoms with Crippen molar-refractivity contribution in [1.82, 2.24) is 5.32 Å². The summed E-state index contributed by atoms with van der Waals surface area (Å²) in [5.74, 6) is 0.959. The van der Waals surface area contributed by atoms with Crippen LogP contribution in [0.3, 0.4) is 0 Å². The van der Waals surface area contributed by atoms with E-state index in [1.54, 1.807) is 7.11 Å². The molecule has 104 valence electrons. The average Bonchev–Trinajstić information content (AvgIpc) is 2.79. The average molecular weight is 263 g/mol. The van der Waals surface area contributed by atoms with E-state index in [1.807, 2.05) is 18.2 Å². The molecule has 0 amide bonds. The number of para-hydroxylation sites is 1. The molecule has 0 aliphatic heterocycles. The van der Waals surface area contributed by atoms with Crippen molar-refractivity contribution in [3.05, 3.63) is 35.6 Å². The third kappa shape index (κ3) is 3.56. The zero-order chi connectivity index (χ0) is 13.5. The number of fused-ring (bicyclic) bond motifs is 1. The van der Waals surface area contributed by atoms with Gasteiger partial charge >= 0.3 is 0 Å². The van der Waals surface area contributed by atoms with Gasteiger partial charge in [0.15, 0.2) is 0 Å². The Balaban J connectivity index is 2.16. The molecule has 2 rings (SSSR count). The molecule has 1 aromatic carbocycles. The Morgan fingerprint density at radius 1 is 1.21 bits per heavy atom. The Kier molecular flexibility index (Phi) is 5.39. The standard InChI is InChI=1S/C15H21NO3/c1-3-16-10-15-13(11-18-9-8-17-2)12-6-4-5-7-14(12)19-15/h4-7,16H,3,8-11H2,1-2H3. The van der Waals surface area contributed by atoms with Gasteiger partial charge in [-0.2, -0.15) is 0 Å². The predicted octanol–water partition coefficient (Wildman–Crippen LogP) is 2.71. The molecule has 0 spiro atoms. The first-order chi connectivity index (χ1) is 9.36. The van der Waals surface area contributed by atoms with Gasteiger partial charge in [-0.25, -0.2) is 0 Å². The lowest BCUT2D eigenvalue weighted by Gasteiger charge is -2.05. The molecule has 1 N–H and O–H groups in total. The molecule has 0 aliphatic carbocycles. The highest BCUT2D eigenvalue weighted by Gasteiger charge is 2.13. The molecule has 0 radical (unpaired) electrons. The minimum absolute atomic E-state index is 0.557. The number of rotatable bonds is 8. The SMILES string of the molecule is CCNCc1oc2ccccc2c1COCCOC. The van der Waals surface area contributed by atoms with E-state index in [9.17, 15) is 0 Å². The highest BCUT2D eigenvalue weighted by Crippen LogP contribution is 2.26. The van der Waals surface area contributed by atoms with Crippen LogP contribution in [-0.4, -0.2) is 26.9 Å². The minimum Gasteiger partial charge on any atom is -0.459 e. The summed E-state index contributed by atoms with van der Waals surface area (Å²) in [5.41, 5.74) is 2.05. The number of hydrogen-bond donors (Lipinski definition) is 1. The topological polar surface area (TPSA) is 43.6 Å². The maximum absolute atomic E-state index is 5.88. The molecule has 0 saturated heterocycles. The van der Waals surface area contributed by atoms with Crippen molar-refractivity contribution in [2.45, 2.75) is 20.1 Å². The maximum Gasteiger partial charge on any atom is 0.134 e. The Labute approximate surface area is 113 Å². The molecule has 0 fully saturated rings. The third-order valence-corrected chi connectivity index (χ3v) is 3.00. The Morgan fingerprint density at radius 3 is 2.84 bits per heavy atom. The molecule has 19 heavy (non-hydrogen) atoms. The van der Waals surface area contributed by atoms with Crippen LogP contribution in [0.25, 0.3) is 11.0 Å². The monoisotopic (exact) mass is 263 g/mol. The van der Waals surface area contributed by atoms with Gasteiger partial charge in [0.2, 0.25) is 0 Å². The summed E-state index contributed by atoms with van der Waals surface area (Å²) in [6, 6.07) is 8.07. The van der Waals surface area contributed by atoms with Crippen LogP contribution < -0.4 is 5.32 Å². The fourth-order valence-corrected chi connectivity index (χ4v) is 2.01. The Hall–Kier alpha value is -1.36. The van der Waals surface area contributed by atoms with Gasteiger partial charge in [0.25, 0.3) is 0 Å². The van der Waals surface area contributed by atoms with Crippen LogP contribution in [0.5, 0.6) is 0 Å². The van der Waals surface area contributed by atoms with Crippen molar-refractivity contribution in [1.29, 1.82) is 0 Å². The summed E-state index contributed by atoms with van der Waals surface area (Å²) in [5, 5.41) is 4.43. The highest BCUT2D eigenvalue weighted by molar-refractivity contribution is 5.82. The summed E-state index contributed by atoms with van der Waals surface area (Å²) >= 11 is 0. The van der Waals surface area contributed by atoms with Crippen LogP contribution in [0.1, 0.15) is 18.2 Å². The Bertz CT molecular complexity index is 507. The Morgan fingerprint density at radius 2 is 2.05 bits per heavy atom. The number of methoxy groups -OCH3 is 1. The number of ether oxygens (including phenoxy) is 2. The van der Waals surface area contributed by atoms with Gasteiger partial charge in [-0.3, -0.25) is 0 Å². The van der Waals surface area contributed by atoms with Gasteiger partial charge < -0.3 is 19.2 Å². The first-order valence-electron chi connectivity index (χ1n) is 6.63. The molecule has 0 atom stereocenters. The van der Waals surface area contributed by atoms with Crippen LogP contribution in [-0.2, 0) is 22.6 Å². The molecule has 4 heteroatoms. The molecule has 0 bridgehead atoms. The second-order valence-corrected chi connectivity index (χ2v) is 4.33. The van der Waals surface area contributed by atoms with Gasteiger partial charge in [-0.05, 0) is 12.6 Å². The van der Waals surface area contributed by atoms with E-state index in [1.165, 1.54) is 0 Å². The summed E-state index contributed by atoms with van der Waals surface area (Å²) < 4.78 is 16.5.